The number of carboxylic acids is 1. The summed E-state index contributed by atoms with van der Waals surface area (Å²) < 4.78 is 18.3. The molecule has 0 saturated heterocycles. The molecule has 4 atom stereocenters. The van der Waals surface area contributed by atoms with Crippen LogP contribution in [0.15, 0.2) is 12.4 Å². The smallest absolute Gasteiger partial charge is 0.300 e. The first-order chi connectivity index (χ1) is 36.3. The molecule has 2 aromatic rings. The maximum Gasteiger partial charge on any atom is 0.324 e. The Morgan fingerprint density at radius 2 is 1.23 bits per heavy atom. The van der Waals surface area contributed by atoms with Gasteiger partial charge in [0.25, 0.3) is 0 Å². The van der Waals surface area contributed by atoms with Crippen LogP contribution < -0.4 is 34.9 Å². The number of anilines is 1. The Balaban J connectivity index is -0.000000280. The van der Waals surface area contributed by atoms with Crippen molar-refractivity contribution in [2.24, 2.45) is 11.5 Å². The predicted molar refractivity (Wildman–Crippen MR) is 346 cm³/mol. The Labute approximate surface area is 551 Å². The number of halogens is 11. The van der Waals surface area contributed by atoms with Crippen LogP contribution in [0.4, 0.5) is 17.2 Å². The topological polar surface area (TPSA) is 366 Å². The van der Waals surface area contributed by atoms with E-state index in [9.17, 15) is 44.2 Å². The standard InChI is InChI=1S/C14H19ClN4O4.C10H19NO2.C5H11NO2.C5H8O.C4HCl2N3O2.C4H9NO2.Cl2OS.I3.I2.HI/c1-3-10(13(20)23-2)18(9-6-4-5-7-9)12-11(19(21)22)8-16-14(15)17-12;1-2-9(10(13)7-12)11-8-5-3-4-6-8;1-3-4(6)5(7)8-2;6-5-3-1-2-4-5;5-3-2(9(10)11)1-7-4(6)8-3;1-2-3(5)4(6)7;1-4(2)3;1-3-2;1-2;/h8-10H,3-7H2,1-2H3;8-9,11-12H,2-7H2,1H3;4H,3,6H2,1-2H3;1-4H2;1H;3H,2,5H2,1H3,(H,6,7);;;;1H/q;;;;;;;-1;;/t10-;9-;4-;;;3-;;;;/m111..1..../s1. The molecule has 454 valence electrons. The summed E-state index contributed by atoms with van der Waals surface area (Å²) in [5.41, 5.74) is 9.66. The van der Waals surface area contributed by atoms with Crippen LogP contribution in [0.3, 0.4) is 0 Å². The molecule has 78 heavy (non-hydrogen) atoms. The fraction of sp³-hybridized carbons (Fsp3) is 0.690. The molecule has 0 aliphatic heterocycles. The van der Waals surface area contributed by atoms with E-state index in [-0.39, 0.29) is 87.3 Å². The van der Waals surface area contributed by atoms with Gasteiger partial charge in [0, 0.05) is 83.5 Å². The predicted octanol–water partition coefficient (Wildman–Crippen LogP) is 8.33. The molecule has 3 fully saturated rings. The van der Waals surface area contributed by atoms with Crippen molar-refractivity contribution < 1.29 is 71.0 Å². The number of rotatable bonds is 16. The van der Waals surface area contributed by atoms with Crippen molar-refractivity contribution in [3.63, 3.8) is 0 Å². The number of esters is 2. The van der Waals surface area contributed by atoms with Gasteiger partial charge in [0.2, 0.25) is 30.8 Å². The number of carboxylic acid groups (broad SMARTS) is 1. The summed E-state index contributed by atoms with van der Waals surface area (Å²) in [5.74, 6) is -1.25. The number of ketones is 2. The second-order valence-corrected chi connectivity index (χ2v) is 35.4. The fourth-order valence-corrected chi connectivity index (χ4v) is 7.18. The van der Waals surface area contributed by atoms with Crippen molar-refractivity contribution in [2.75, 3.05) is 25.7 Å². The Hall–Kier alpha value is 0.330. The number of carbonyl (C=O) groups excluding carboxylic acids is 4. The first-order valence-electron chi connectivity index (χ1n) is 23.2. The molecule has 0 bridgehead atoms. The second-order valence-electron chi connectivity index (χ2n) is 15.6. The first-order valence-corrected chi connectivity index (χ1v) is 46.0. The normalized spacial score (nSPS) is 14.6. The molecule has 3 saturated carbocycles. The maximum absolute atomic E-state index is 12.2. The number of nitro groups is 2. The van der Waals surface area contributed by atoms with Crippen LogP contribution in [-0.4, -0.2) is 131 Å². The Bertz CT molecular complexity index is 2050. The molecule has 3 aliphatic rings. The number of ether oxygens (including phenoxy) is 2. The molecule has 2 aromatic heterocycles. The third-order valence-electron chi connectivity index (χ3n) is 10.6. The molecule has 0 spiro atoms. The van der Waals surface area contributed by atoms with E-state index < -0.39 is 49.1 Å². The minimum atomic E-state index is -1.67. The minimum absolute atomic E-state index is 0. The third kappa shape index (κ3) is 42.2. The maximum atomic E-state index is 12.2. The van der Waals surface area contributed by atoms with Gasteiger partial charge in [-0.1, -0.05) is 65.0 Å². The molecule has 5 rings (SSSR count). The number of nitrogens with one attached hydrogen (secondary N) is 1. The van der Waals surface area contributed by atoms with Crippen LogP contribution >= 0.6 is 155 Å². The molecule has 36 heteroatoms. The minimum Gasteiger partial charge on any atom is -0.300 e. The molecule has 0 radical (unpaired) electrons. The zero-order valence-electron chi connectivity index (χ0n) is 43.3. The summed E-state index contributed by atoms with van der Waals surface area (Å²) in [6, 6.07) is -1.41. The monoisotopic (exact) mass is 1900 g/mol. The number of aliphatic hydroxyl groups is 1. The summed E-state index contributed by atoms with van der Waals surface area (Å²) in [6.07, 6.45) is 16.9. The van der Waals surface area contributed by atoms with Crippen LogP contribution in [0.1, 0.15) is 130 Å². The van der Waals surface area contributed by atoms with E-state index in [2.05, 4.69) is 126 Å². The fourth-order valence-electron chi connectivity index (χ4n) is 6.68. The molecule has 0 aromatic carbocycles. The van der Waals surface area contributed by atoms with Gasteiger partial charge in [-0.15, -0.1) is 24.0 Å². The first kappa shape index (κ1) is 87.1. The summed E-state index contributed by atoms with van der Waals surface area (Å²) in [7, 11) is 9.99. The average Bonchev–Trinajstić information content (AvgIpc) is 4.24. The van der Waals surface area contributed by atoms with Gasteiger partial charge in [0.1, 0.15) is 42.9 Å². The van der Waals surface area contributed by atoms with Crippen LogP contribution in [0, 0.1) is 20.2 Å². The number of carbonyl (C=O) groups is 5. The van der Waals surface area contributed by atoms with Crippen LogP contribution in [-0.2, 0) is 42.7 Å². The van der Waals surface area contributed by atoms with Crippen molar-refractivity contribution >= 4 is 211 Å². The van der Waals surface area contributed by atoms with Crippen LogP contribution in [0.5, 0.6) is 0 Å². The summed E-state index contributed by atoms with van der Waals surface area (Å²) in [4.78, 5) is 90.3. The van der Waals surface area contributed by atoms with E-state index >= 15 is 0 Å². The number of nitrogens with two attached hydrogens (primary N) is 2. The van der Waals surface area contributed by atoms with Gasteiger partial charge in [-0.05, 0) is 87.4 Å². The van der Waals surface area contributed by atoms with Crippen LogP contribution in [0.25, 0.3) is 0 Å². The molecule has 2 heterocycles. The Kier molecular flexibility index (Phi) is 61.7. The number of hydrogen-bond donors (Lipinski definition) is 5. The van der Waals surface area contributed by atoms with Crippen LogP contribution in [0.2, 0.25) is 15.7 Å². The number of aromatic nitrogens is 4. The van der Waals surface area contributed by atoms with Gasteiger partial charge in [-0.3, -0.25) is 39.4 Å². The van der Waals surface area contributed by atoms with Gasteiger partial charge in [0.15, 0.2) is 5.78 Å². The van der Waals surface area contributed by atoms with Crippen molar-refractivity contribution in [3.8, 4) is 0 Å². The largest absolute Gasteiger partial charge is 0.324 e. The number of hydrogen-bond acceptors (Lipinski definition) is 21. The van der Waals surface area contributed by atoms with E-state index in [1.807, 2.05) is 20.8 Å². The average molecular weight is 1910 g/mol. The quantitative estimate of drug-likeness (QED) is 0.0200. The molecular weight excluding hydrogens is 1840 g/mol. The molecular formula is C42H68Cl5I6N10O14S-. The SMILES string of the molecule is CC[C@@H](N)C(=O)O.CC[C@@H](N)C(=O)OC.CC[C@@H](NC1CCCC1)C(=O)CO.CC[C@H](C(=O)OC)N(c1nc(Cl)ncc1[N+](=O)[O-])C1CCCC1.I.II.I[I-]I.O=C1CCCC1.O=S(Cl)Cl.O=[N+]([O-])c1cnc(Cl)nc1Cl. The Morgan fingerprint density at radius 3 is 1.54 bits per heavy atom. The van der Waals surface area contributed by atoms with Gasteiger partial charge >= 0.3 is 79.8 Å². The van der Waals surface area contributed by atoms with Gasteiger partial charge in [-0.25, -0.2) is 19.0 Å². The third-order valence-corrected chi connectivity index (χ3v) is 11.2. The second kappa shape index (κ2) is 55.2. The van der Waals surface area contributed by atoms with Crippen molar-refractivity contribution in [2.45, 2.75) is 167 Å². The van der Waals surface area contributed by atoms with E-state index in [0.717, 1.165) is 70.2 Å². The molecule has 3 aliphatic carbocycles. The number of nitrogens with zero attached hydrogens (tertiary/aromatic N) is 7. The molecule has 0 unspecified atom stereocenters. The summed E-state index contributed by atoms with van der Waals surface area (Å²) in [6.45, 7) is 7.04. The van der Waals surface area contributed by atoms with Gasteiger partial charge < -0.3 is 41.4 Å². The number of aliphatic carboxylic acids is 1. The van der Waals surface area contributed by atoms with Gasteiger partial charge in [-0.2, -0.15) is 9.97 Å². The van der Waals surface area contributed by atoms with E-state index in [1.54, 1.807) is 11.8 Å². The van der Waals surface area contributed by atoms with Gasteiger partial charge in [0.05, 0.1) is 30.1 Å². The zero-order valence-corrected chi connectivity index (χ0v) is 61.0. The molecule has 7 N–H and O–H groups in total. The van der Waals surface area contributed by atoms with E-state index in [4.69, 9.17) is 65.4 Å². The number of methoxy groups -OCH3 is 2. The van der Waals surface area contributed by atoms with E-state index in [1.165, 1.54) is 39.9 Å². The van der Waals surface area contributed by atoms with E-state index in [0.29, 0.717) is 44.3 Å². The number of Topliss-reactive ketones (excluding diaryl/α,β-unsaturated/α-hetero) is 2. The Morgan fingerprint density at radius 1 is 0.808 bits per heavy atom. The summed E-state index contributed by atoms with van der Waals surface area (Å²) in [5, 5.41) is 41.1. The molecule has 24 nitrogen and oxygen atoms in total. The zero-order chi connectivity index (χ0) is 60.2. The summed E-state index contributed by atoms with van der Waals surface area (Å²) >= 11 is 26.0. The molecule has 0 amide bonds. The van der Waals surface area contributed by atoms with Crippen molar-refractivity contribution in [1.29, 1.82) is 0 Å². The van der Waals surface area contributed by atoms with Crippen molar-refractivity contribution in [1.82, 2.24) is 25.3 Å². The number of aliphatic hydroxyl groups excluding tert-OH is 1. The van der Waals surface area contributed by atoms with Crippen molar-refractivity contribution in [3.05, 3.63) is 48.3 Å².